The highest BCUT2D eigenvalue weighted by molar-refractivity contribution is 6.32. The minimum atomic E-state index is -1.10. The Balaban J connectivity index is 3.14. The minimum absolute atomic E-state index is 0.0176. The van der Waals surface area contributed by atoms with Crippen LogP contribution in [0.5, 0.6) is 0 Å². The minimum Gasteiger partial charge on any atom is -0.477 e. The fourth-order valence-electron chi connectivity index (χ4n) is 0.998. The first-order valence-corrected chi connectivity index (χ1v) is 4.34. The third-order valence-corrected chi connectivity index (χ3v) is 2.21. The molecule has 1 unspecified atom stereocenters. The second-order valence-electron chi connectivity index (χ2n) is 2.83. The molecule has 5 heteroatoms. The molecule has 1 aromatic heterocycles. The normalized spacial score (nSPS) is 12.8. The molecule has 0 aliphatic heterocycles. The molecule has 1 aromatic rings. The maximum absolute atomic E-state index is 10.7. The summed E-state index contributed by atoms with van der Waals surface area (Å²) in [6.45, 7) is 3.80. The zero-order chi connectivity index (χ0) is 10.0. The van der Waals surface area contributed by atoms with Gasteiger partial charge in [0.05, 0.1) is 0 Å². The first-order chi connectivity index (χ1) is 6.07. The molecule has 4 nitrogen and oxygen atoms in total. The number of carboxylic acid groups (broad SMARTS) is 1. The number of carboxylic acids is 1. The summed E-state index contributed by atoms with van der Waals surface area (Å²) in [5.41, 5.74) is -0.0176. The van der Waals surface area contributed by atoms with Crippen LogP contribution in [0.25, 0.3) is 0 Å². The van der Waals surface area contributed by atoms with Crippen molar-refractivity contribution in [3.63, 3.8) is 0 Å². The summed E-state index contributed by atoms with van der Waals surface area (Å²) in [5.74, 6) is -0.729. The Morgan fingerprint density at radius 1 is 1.77 bits per heavy atom. The quantitative estimate of drug-likeness (QED) is 0.820. The van der Waals surface area contributed by atoms with Crippen molar-refractivity contribution in [3.8, 4) is 0 Å². The van der Waals surface area contributed by atoms with Crippen LogP contribution in [0, 0.1) is 0 Å². The standard InChI is InChI=1S/C8H10ClNO3/c1-3-4(2)6-5(8(11)12)7(9)10-13-6/h4H,3H2,1-2H3,(H,11,12). The number of aromatic carboxylic acids is 1. The Morgan fingerprint density at radius 2 is 2.38 bits per heavy atom. The number of nitrogens with zero attached hydrogens (tertiary/aromatic N) is 1. The Bertz CT molecular complexity index is 321. The highest BCUT2D eigenvalue weighted by Gasteiger charge is 2.24. The van der Waals surface area contributed by atoms with Crippen LogP contribution < -0.4 is 0 Å². The summed E-state index contributed by atoms with van der Waals surface area (Å²) in [5, 5.41) is 12.1. The first-order valence-electron chi connectivity index (χ1n) is 3.96. The van der Waals surface area contributed by atoms with Crippen molar-refractivity contribution in [1.29, 1.82) is 0 Å². The lowest BCUT2D eigenvalue weighted by atomic mass is 10.0. The Hall–Kier alpha value is -1.03. The third kappa shape index (κ3) is 1.83. The van der Waals surface area contributed by atoms with E-state index in [4.69, 9.17) is 21.2 Å². The molecule has 0 aliphatic rings. The molecular formula is C8H10ClNO3. The zero-order valence-corrected chi connectivity index (χ0v) is 8.13. The van der Waals surface area contributed by atoms with Gasteiger partial charge in [0.1, 0.15) is 5.56 Å². The van der Waals surface area contributed by atoms with E-state index in [1.54, 1.807) is 0 Å². The van der Waals surface area contributed by atoms with E-state index in [0.29, 0.717) is 5.76 Å². The number of hydrogen-bond donors (Lipinski definition) is 1. The van der Waals surface area contributed by atoms with Gasteiger partial charge in [-0.2, -0.15) is 0 Å². The van der Waals surface area contributed by atoms with Crippen LogP contribution in [0.1, 0.15) is 42.3 Å². The van der Waals surface area contributed by atoms with Crippen LogP contribution >= 0.6 is 11.6 Å². The number of carbonyl (C=O) groups is 1. The fourth-order valence-corrected chi connectivity index (χ4v) is 1.21. The second kappa shape index (κ2) is 3.79. The van der Waals surface area contributed by atoms with Gasteiger partial charge >= 0.3 is 5.97 Å². The van der Waals surface area contributed by atoms with Crippen LogP contribution in [0.4, 0.5) is 0 Å². The van der Waals surface area contributed by atoms with Crippen molar-refractivity contribution in [2.45, 2.75) is 26.2 Å². The van der Waals surface area contributed by atoms with Crippen molar-refractivity contribution in [3.05, 3.63) is 16.5 Å². The molecule has 0 saturated heterocycles. The van der Waals surface area contributed by atoms with Gasteiger partial charge < -0.3 is 9.63 Å². The monoisotopic (exact) mass is 203 g/mol. The summed E-state index contributed by atoms with van der Waals surface area (Å²) in [7, 11) is 0. The van der Waals surface area contributed by atoms with Crippen molar-refractivity contribution in [2.75, 3.05) is 0 Å². The van der Waals surface area contributed by atoms with Crippen molar-refractivity contribution in [2.24, 2.45) is 0 Å². The fraction of sp³-hybridized carbons (Fsp3) is 0.500. The van der Waals surface area contributed by atoms with Gasteiger partial charge in [-0.3, -0.25) is 0 Å². The highest BCUT2D eigenvalue weighted by atomic mass is 35.5. The summed E-state index contributed by atoms with van der Waals surface area (Å²) in [4.78, 5) is 10.7. The molecule has 0 fully saturated rings. The second-order valence-corrected chi connectivity index (χ2v) is 3.19. The van der Waals surface area contributed by atoms with Crippen LogP contribution in [0.2, 0.25) is 5.15 Å². The Labute approximate surface area is 80.5 Å². The summed E-state index contributed by atoms with van der Waals surface area (Å²) in [6.07, 6.45) is 0.784. The maximum Gasteiger partial charge on any atom is 0.342 e. The molecular weight excluding hydrogens is 194 g/mol. The van der Waals surface area contributed by atoms with Crippen LogP contribution in [-0.2, 0) is 0 Å². The van der Waals surface area contributed by atoms with E-state index in [0.717, 1.165) is 6.42 Å². The topological polar surface area (TPSA) is 63.3 Å². The molecule has 0 aromatic carbocycles. The van der Waals surface area contributed by atoms with Gasteiger partial charge in [-0.25, -0.2) is 4.79 Å². The molecule has 1 heterocycles. The maximum atomic E-state index is 10.7. The van der Waals surface area contributed by atoms with Crippen molar-refractivity contribution < 1.29 is 14.4 Å². The molecule has 1 N–H and O–H groups in total. The molecule has 13 heavy (non-hydrogen) atoms. The predicted molar refractivity (Wildman–Crippen MR) is 47.2 cm³/mol. The number of halogens is 1. The van der Waals surface area contributed by atoms with Gasteiger partial charge in [0.2, 0.25) is 0 Å². The van der Waals surface area contributed by atoms with Crippen LogP contribution in [0.3, 0.4) is 0 Å². The molecule has 0 amide bonds. The van der Waals surface area contributed by atoms with Gasteiger partial charge in [-0.05, 0) is 6.42 Å². The van der Waals surface area contributed by atoms with Gasteiger partial charge in [0, 0.05) is 5.92 Å². The van der Waals surface area contributed by atoms with E-state index < -0.39 is 5.97 Å². The largest absolute Gasteiger partial charge is 0.477 e. The average molecular weight is 204 g/mol. The van der Waals surface area contributed by atoms with Crippen molar-refractivity contribution in [1.82, 2.24) is 5.16 Å². The van der Waals surface area contributed by atoms with E-state index in [9.17, 15) is 4.79 Å². The Kier molecular flexibility index (Phi) is 2.93. The van der Waals surface area contributed by atoms with Gasteiger partial charge in [0.15, 0.2) is 10.9 Å². The number of rotatable bonds is 3. The molecule has 0 spiro atoms. The van der Waals surface area contributed by atoms with Crippen LogP contribution in [-0.4, -0.2) is 16.2 Å². The van der Waals surface area contributed by atoms with E-state index in [1.807, 2.05) is 13.8 Å². The third-order valence-electron chi connectivity index (χ3n) is 1.95. The lowest BCUT2D eigenvalue weighted by Crippen LogP contribution is -2.02. The summed E-state index contributed by atoms with van der Waals surface area (Å²) >= 11 is 5.56. The molecule has 0 radical (unpaired) electrons. The molecule has 1 rings (SSSR count). The Morgan fingerprint density at radius 3 is 2.85 bits per heavy atom. The first kappa shape index (κ1) is 10.1. The predicted octanol–water partition coefficient (Wildman–Crippen LogP) is 2.54. The average Bonchev–Trinajstić information content (AvgIpc) is 2.45. The number of hydrogen-bond acceptors (Lipinski definition) is 3. The molecule has 0 saturated carbocycles. The van der Waals surface area contributed by atoms with E-state index >= 15 is 0 Å². The van der Waals surface area contributed by atoms with E-state index in [1.165, 1.54) is 0 Å². The SMILES string of the molecule is CCC(C)c1onc(Cl)c1C(=O)O. The van der Waals surface area contributed by atoms with Gasteiger partial charge in [-0.15, -0.1) is 0 Å². The van der Waals surface area contributed by atoms with Gasteiger partial charge in [-0.1, -0.05) is 30.6 Å². The van der Waals surface area contributed by atoms with Crippen molar-refractivity contribution >= 4 is 17.6 Å². The molecule has 1 atom stereocenters. The summed E-state index contributed by atoms with van der Waals surface area (Å²) < 4.78 is 4.85. The lowest BCUT2D eigenvalue weighted by molar-refractivity contribution is 0.0694. The van der Waals surface area contributed by atoms with E-state index in [-0.39, 0.29) is 16.6 Å². The molecule has 0 aliphatic carbocycles. The lowest BCUT2D eigenvalue weighted by Gasteiger charge is -2.03. The number of aromatic nitrogens is 1. The highest BCUT2D eigenvalue weighted by Crippen LogP contribution is 2.27. The zero-order valence-electron chi connectivity index (χ0n) is 7.37. The molecule has 0 bridgehead atoms. The van der Waals surface area contributed by atoms with Crippen LogP contribution in [0.15, 0.2) is 4.52 Å². The van der Waals surface area contributed by atoms with Gasteiger partial charge in [0.25, 0.3) is 0 Å². The summed E-state index contributed by atoms with van der Waals surface area (Å²) in [6, 6.07) is 0. The van der Waals surface area contributed by atoms with E-state index in [2.05, 4.69) is 5.16 Å². The smallest absolute Gasteiger partial charge is 0.342 e. The molecule has 72 valence electrons.